The standard InChI is InChI=1S/C15H20OSe/c1-2-7-14(8-3-1)17-11-13-10-12-6-4-5-9-15(12)16-13/h1-3,7-8,12-13,15H,4-6,9-11H2/t12-,13+,15-/m0/s1. The van der Waals surface area contributed by atoms with E-state index in [1.165, 1.54) is 41.9 Å². The first-order chi connectivity index (χ1) is 8.42. The molecule has 1 aromatic carbocycles. The zero-order valence-electron chi connectivity index (χ0n) is 10.2. The van der Waals surface area contributed by atoms with E-state index in [-0.39, 0.29) is 0 Å². The molecule has 1 saturated carbocycles. The van der Waals surface area contributed by atoms with Gasteiger partial charge < -0.3 is 0 Å². The van der Waals surface area contributed by atoms with Crippen molar-refractivity contribution in [2.45, 2.75) is 49.6 Å². The van der Waals surface area contributed by atoms with Crippen LogP contribution in [0, 0.1) is 5.92 Å². The Balaban J connectivity index is 1.50. The van der Waals surface area contributed by atoms with Gasteiger partial charge in [0.25, 0.3) is 0 Å². The molecular weight excluding hydrogens is 275 g/mol. The van der Waals surface area contributed by atoms with Crippen molar-refractivity contribution in [3.63, 3.8) is 0 Å². The van der Waals surface area contributed by atoms with Crippen molar-refractivity contribution in [3.05, 3.63) is 30.3 Å². The molecule has 0 bridgehead atoms. The van der Waals surface area contributed by atoms with Crippen LogP contribution in [0.25, 0.3) is 0 Å². The van der Waals surface area contributed by atoms with Gasteiger partial charge in [0.1, 0.15) is 0 Å². The Bertz CT molecular complexity index is 337. The number of ether oxygens (including phenoxy) is 1. The second kappa shape index (κ2) is 5.56. The van der Waals surface area contributed by atoms with Crippen molar-refractivity contribution in [1.82, 2.24) is 0 Å². The average Bonchev–Trinajstić information content (AvgIpc) is 2.80. The topological polar surface area (TPSA) is 9.23 Å². The molecule has 3 atom stereocenters. The maximum absolute atomic E-state index is 6.20. The zero-order chi connectivity index (χ0) is 11.5. The van der Waals surface area contributed by atoms with Crippen LogP contribution in [-0.4, -0.2) is 27.2 Å². The Kier molecular flexibility index (Phi) is 3.85. The Morgan fingerprint density at radius 2 is 1.94 bits per heavy atom. The molecule has 0 aromatic heterocycles. The van der Waals surface area contributed by atoms with Crippen LogP contribution in [0.4, 0.5) is 0 Å². The van der Waals surface area contributed by atoms with E-state index in [0.29, 0.717) is 27.2 Å². The molecule has 1 nitrogen and oxygen atoms in total. The van der Waals surface area contributed by atoms with E-state index in [9.17, 15) is 0 Å². The van der Waals surface area contributed by atoms with Gasteiger partial charge >= 0.3 is 110 Å². The Labute approximate surface area is 110 Å². The van der Waals surface area contributed by atoms with Crippen molar-refractivity contribution in [1.29, 1.82) is 0 Å². The van der Waals surface area contributed by atoms with Gasteiger partial charge in [0.05, 0.1) is 0 Å². The molecule has 0 radical (unpaired) electrons. The van der Waals surface area contributed by atoms with Gasteiger partial charge in [0.2, 0.25) is 0 Å². The summed E-state index contributed by atoms with van der Waals surface area (Å²) >= 11 is 0.597. The van der Waals surface area contributed by atoms with E-state index >= 15 is 0 Å². The summed E-state index contributed by atoms with van der Waals surface area (Å²) in [5.74, 6) is 0.889. The third kappa shape index (κ3) is 2.93. The molecule has 3 rings (SSSR count). The summed E-state index contributed by atoms with van der Waals surface area (Å²) in [5, 5.41) is 1.27. The summed E-state index contributed by atoms with van der Waals surface area (Å²) in [5.41, 5.74) is 0. The summed E-state index contributed by atoms with van der Waals surface area (Å²) < 4.78 is 7.72. The van der Waals surface area contributed by atoms with Crippen molar-refractivity contribution >= 4 is 19.4 Å². The molecule has 17 heavy (non-hydrogen) atoms. The van der Waals surface area contributed by atoms with Crippen LogP contribution in [0.1, 0.15) is 32.1 Å². The van der Waals surface area contributed by atoms with Gasteiger partial charge in [-0.3, -0.25) is 0 Å². The van der Waals surface area contributed by atoms with Crippen molar-refractivity contribution < 1.29 is 4.74 Å². The predicted molar refractivity (Wildman–Crippen MR) is 71.9 cm³/mol. The van der Waals surface area contributed by atoms with E-state index in [1.54, 1.807) is 0 Å². The molecule has 1 aliphatic heterocycles. The molecule has 0 N–H and O–H groups in total. The summed E-state index contributed by atoms with van der Waals surface area (Å²) in [4.78, 5) is 0. The van der Waals surface area contributed by atoms with E-state index in [0.717, 1.165) is 5.92 Å². The first-order valence-corrected chi connectivity index (χ1v) is 8.82. The third-order valence-corrected chi connectivity index (χ3v) is 6.35. The molecule has 0 spiro atoms. The van der Waals surface area contributed by atoms with Crippen LogP contribution in [0.2, 0.25) is 5.32 Å². The molecule has 0 unspecified atom stereocenters. The van der Waals surface area contributed by atoms with Crippen LogP contribution in [0.15, 0.2) is 30.3 Å². The molecule has 2 aliphatic rings. The Morgan fingerprint density at radius 1 is 1.12 bits per heavy atom. The van der Waals surface area contributed by atoms with Crippen molar-refractivity contribution in [2.24, 2.45) is 5.92 Å². The monoisotopic (exact) mass is 296 g/mol. The summed E-state index contributed by atoms with van der Waals surface area (Å²) in [7, 11) is 0. The molecule has 92 valence electrons. The Hall–Kier alpha value is -0.301. The van der Waals surface area contributed by atoms with Crippen LogP contribution in [0.5, 0.6) is 0 Å². The van der Waals surface area contributed by atoms with E-state index in [2.05, 4.69) is 30.3 Å². The fourth-order valence-corrected chi connectivity index (χ4v) is 5.05. The van der Waals surface area contributed by atoms with Gasteiger partial charge in [-0.05, 0) is 0 Å². The first kappa shape index (κ1) is 11.8. The van der Waals surface area contributed by atoms with Gasteiger partial charge in [-0.1, -0.05) is 0 Å². The molecule has 1 saturated heterocycles. The van der Waals surface area contributed by atoms with Crippen LogP contribution >= 0.6 is 0 Å². The summed E-state index contributed by atoms with van der Waals surface area (Å²) in [6, 6.07) is 10.9. The molecule has 1 heterocycles. The molecule has 2 fully saturated rings. The fourth-order valence-electron chi connectivity index (χ4n) is 3.08. The van der Waals surface area contributed by atoms with Crippen LogP contribution in [-0.2, 0) is 4.74 Å². The first-order valence-electron chi connectivity index (χ1n) is 6.75. The normalized spacial score (nSPS) is 32.4. The van der Waals surface area contributed by atoms with E-state index < -0.39 is 0 Å². The van der Waals surface area contributed by atoms with Crippen LogP contribution < -0.4 is 4.46 Å². The van der Waals surface area contributed by atoms with E-state index in [1.807, 2.05) is 0 Å². The molecule has 2 heteroatoms. The number of rotatable bonds is 3. The summed E-state index contributed by atoms with van der Waals surface area (Å²) in [6.45, 7) is 0. The quantitative estimate of drug-likeness (QED) is 0.779. The zero-order valence-corrected chi connectivity index (χ0v) is 11.9. The van der Waals surface area contributed by atoms with Gasteiger partial charge in [-0.2, -0.15) is 0 Å². The maximum atomic E-state index is 6.20. The van der Waals surface area contributed by atoms with Gasteiger partial charge in [-0.25, -0.2) is 0 Å². The SMILES string of the molecule is c1ccc([Se]C[C@H]2C[C@@H]3CCCC[C@@H]3O2)cc1. The van der Waals surface area contributed by atoms with Crippen molar-refractivity contribution in [3.8, 4) is 0 Å². The van der Waals surface area contributed by atoms with E-state index in [4.69, 9.17) is 4.74 Å². The summed E-state index contributed by atoms with van der Waals surface area (Å²) in [6.07, 6.45) is 8.06. The number of fused-ring (bicyclic) bond motifs is 1. The van der Waals surface area contributed by atoms with Gasteiger partial charge in [0, 0.05) is 0 Å². The molecule has 0 amide bonds. The fraction of sp³-hybridized carbons (Fsp3) is 0.600. The van der Waals surface area contributed by atoms with Gasteiger partial charge in [-0.15, -0.1) is 0 Å². The van der Waals surface area contributed by atoms with Crippen LogP contribution in [0.3, 0.4) is 0 Å². The molecule has 1 aromatic rings. The average molecular weight is 295 g/mol. The molecular formula is C15H20OSe. The second-order valence-electron chi connectivity index (χ2n) is 5.20. The third-order valence-electron chi connectivity index (χ3n) is 3.95. The number of hydrogen-bond donors (Lipinski definition) is 0. The van der Waals surface area contributed by atoms with Gasteiger partial charge in [0.15, 0.2) is 0 Å². The number of benzene rings is 1. The minimum atomic E-state index is 0.559. The predicted octanol–water partition coefficient (Wildman–Crippen LogP) is 2.78. The Morgan fingerprint density at radius 3 is 2.76 bits per heavy atom. The van der Waals surface area contributed by atoms with Crippen molar-refractivity contribution in [2.75, 3.05) is 0 Å². The minimum absolute atomic E-state index is 0.559. The number of hydrogen-bond acceptors (Lipinski definition) is 1. The molecule has 1 aliphatic carbocycles. The second-order valence-corrected chi connectivity index (χ2v) is 7.49.